The lowest BCUT2D eigenvalue weighted by Crippen LogP contribution is -2.39. The van der Waals surface area contributed by atoms with E-state index in [2.05, 4.69) is 0 Å². The summed E-state index contributed by atoms with van der Waals surface area (Å²) in [5.74, 6) is 5.53. The van der Waals surface area contributed by atoms with Crippen molar-refractivity contribution < 1.29 is 0 Å². The summed E-state index contributed by atoms with van der Waals surface area (Å²) in [6.45, 7) is 3.92. The highest BCUT2D eigenvalue weighted by atomic mass is 32.1. The first kappa shape index (κ1) is 9.94. The highest BCUT2D eigenvalue weighted by Gasteiger charge is 2.05. The molecule has 0 aliphatic carbocycles. The summed E-state index contributed by atoms with van der Waals surface area (Å²) in [5, 5.41) is 1.41. The van der Waals surface area contributed by atoms with E-state index in [-0.39, 0.29) is 0 Å². The fourth-order valence-electron chi connectivity index (χ4n) is 0.480. The predicted molar refractivity (Wildman–Crippen MR) is 51.8 cm³/mol. The maximum Gasteiger partial charge on any atom is 0.0978 e. The van der Waals surface area contributed by atoms with E-state index in [0.29, 0.717) is 9.98 Å². The molecule has 0 spiro atoms. The quantitative estimate of drug-likeness (QED) is 0.393. The van der Waals surface area contributed by atoms with Crippen LogP contribution in [0.15, 0.2) is 0 Å². The Bertz CT molecular complexity index is 129. The second-order valence-electron chi connectivity index (χ2n) is 1.86. The highest BCUT2D eigenvalue weighted by Crippen LogP contribution is 1.95. The molecular formula is C6H12N2S2. The minimum absolute atomic E-state index is 0.701. The molecule has 0 heterocycles. The minimum atomic E-state index is 0.701. The van der Waals surface area contributed by atoms with E-state index in [9.17, 15) is 0 Å². The van der Waals surface area contributed by atoms with Gasteiger partial charge in [0.1, 0.15) is 0 Å². The zero-order valence-corrected chi connectivity index (χ0v) is 7.89. The van der Waals surface area contributed by atoms with Crippen molar-refractivity contribution in [3.8, 4) is 0 Å². The summed E-state index contributed by atoms with van der Waals surface area (Å²) < 4.78 is 0. The first-order chi connectivity index (χ1) is 4.63. The van der Waals surface area contributed by atoms with Crippen LogP contribution in [0.4, 0.5) is 0 Å². The van der Waals surface area contributed by atoms with Gasteiger partial charge in [0.25, 0.3) is 0 Å². The van der Waals surface area contributed by atoms with Crippen molar-refractivity contribution in [2.45, 2.75) is 26.7 Å². The maximum atomic E-state index is 5.53. The van der Waals surface area contributed by atoms with Gasteiger partial charge in [-0.05, 0) is 12.8 Å². The first-order valence-electron chi connectivity index (χ1n) is 3.23. The van der Waals surface area contributed by atoms with Gasteiger partial charge < -0.3 is 0 Å². The Hall–Kier alpha value is -0.0600. The number of nitrogens with two attached hydrogens (primary N) is 1. The van der Waals surface area contributed by atoms with Gasteiger partial charge in [-0.15, -0.1) is 0 Å². The van der Waals surface area contributed by atoms with Crippen LogP contribution < -0.4 is 5.84 Å². The molecule has 0 aromatic carbocycles. The Labute approximate surface area is 72.4 Å². The van der Waals surface area contributed by atoms with Crippen molar-refractivity contribution in [3.05, 3.63) is 0 Å². The maximum absolute atomic E-state index is 5.53. The summed E-state index contributed by atoms with van der Waals surface area (Å²) in [4.78, 5) is 1.40. The van der Waals surface area contributed by atoms with Gasteiger partial charge in [0.05, 0.1) is 9.98 Å². The molecule has 0 amide bonds. The molecule has 0 radical (unpaired) electrons. The van der Waals surface area contributed by atoms with E-state index < -0.39 is 0 Å². The fourth-order valence-corrected chi connectivity index (χ4v) is 0.758. The minimum Gasteiger partial charge on any atom is -0.266 e. The molecule has 0 rings (SSSR count). The van der Waals surface area contributed by atoms with Gasteiger partial charge >= 0.3 is 0 Å². The van der Waals surface area contributed by atoms with Gasteiger partial charge in [0.15, 0.2) is 0 Å². The lowest BCUT2D eigenvalue weighted by molar-refractivity contribution is 0.651. The normalized spacial score (nSPS) is 9.10. The summed E-state index contributed by atoms with van der Waals surface area (Å²) in [6, 6.07) is 0. The summed E-state index contributed by atoms with van der Waals surface area (Å²) in [7, 11) is 0. The van der Waals surface area contributed by atoms with Gasteiger partial charge in [0.2, 0.25) is 0 Å². The summed E-state index contributed by atoms with van der Waals surface area (Å²) >= 11 is 9.87. The molecule has 0 aromatic rings. The van der Waals surface area contributed by atoms with E-state index in [1.54, 1.807) is 0 Å². The zero-order valence-electron chi connectivity index (χ0n) is 6.26. The van der Waals surface area contributed by atoms with Crippen LogP contribution in [0, 0.1) is 0 Å². The largest absolute Gasteiger partial charge is 0.266 e. The van der Waals surface area contributed by atoms with Crippen molar-refractivity contribution in [2.24, 2.45) is 5.84 Å². The monoisotopic (exact) mass is 176 g/mol. The standard InChI is InChI=1S/C6H12N2S2/c1-3-5(9)8(7)6(10)4-2/h3-4,7H2,1-2H3. The Morgan fingerprint density at radius 1 is 1.20 bits per heavy atom. The van der Waals surface area contributed by atoms with Crippen molar-refractivity contribution >= 4 is 34.4 Å². The third-order valence-corrected chi connectivity index (χ3v) is 2.11. The van der Waals surface area contributed by atoms with E-state index in [0.717, 1.165) is 12.8 Å². The molecule has 0 saturated heterocycles. The molecule has 0 aromatic heterocycles. The van der Waals surface area contributed by atoms with Crippen LogP contribution in [0.3, 0.4) is 0 Å². The summed E-state index contributed by atoms with van der Waals surface area (Å²) in [6.07, 6.45) is 1.54. The van der Waals surface area contributed by atoms with Crippen molar-refractivity contribution in [1.29, 1.82) is 0 Å². The number of hydrogen-bond donors (Lipinski definition) is 1. The number of hydrazine groups is 1. The molecule has 4 heteroatoms. The van der Waals surface area contributed by atoms with Crippen LogP contribution in [-0.4, -0.2) is 15.0 Å². The number of thiocarbonyl (C=S) groups is 2. The third-order valence-electron chi connectivity index (χ3n) is 1.14. The second kappa shape index (κ2) is 4.71. The Morgan fingerprint density at radius 2 is 1.50 bits per heavy atom. The highest BCUT2D eigenvalue weighted by molar-refractivity contribution is 7.81. The molecule has 10 heavy (non-hydrogen) atoms. The molecule has 0 atom stereocenters. The van der Waals surface area contributed by atoms with Crippen molar-refractivity contribution in [3.63, 3.8) is 0 Å². The van der Waals surface area contributed by atoms with Crippen molar-refractivity contribution in [1.82, 2.24) is 5.01 Å². The third kappa shape index (κ3) is 2.68. The average Bonchev–Trinajstić information content (AvgIpc) is 2.00. The van der Waals surface area contributed by atoms with E-state index in [4.69, 9.17) is 30.3 Å². The molecule has 2 N–H and O–H groups in total. The molecule has 0 aliphatic rings. The molecule has 0 unspecified atom stereocenters. The van der Waals surface area contributed by atoms with Gasteiger partial charge in [0, 0.05) is 0 Å². The predicted octanol–water partition coefficient (Wildman–Crippen LogP) is 1.64. The fraction of sp³-hybridized carbons (Fsp3) is 0.667. The van der Waals surface area contributed by atoms with E-state index in [1.807, 2.05) is 13.8 Å². The number of nitrogens with zero attached hydrogens (tertiary/aromatic N) is 1. The molecule has 0 saturated carbocycles. The molecule has 58 valence electrons. The Morgan fingerprint density at radius 3 is 1.70 bits per heavy atom. The Kier molecular flexibility index (Phi) is 4.68. The molecule has 0 fully saturated rings. The molecule has 2 nitrogen and oxygen atoms in total. The van der Waals surface area contributed by atoms with E-state index >= 15 is 0 Å². The van der Waals surface area contributed by atoms with Crippen LogP contribution in [0.25, 0.3) is 0 Å². The van der Waals surface area contributed by atoms with Crippen LogP contribution in [0.1, 0.15) is 26.7 Å². The molecular weight excluding hydrogens is 164 g/mol. The molecule has 0 bridgehead atoms. The number of rotatable bonds is 2. The average molecular weight is 176 g/mol. The van der Waals surface area contributed by atoms with Gasteiger partial charge in [-0.25, -0.2) is 5.84 Å². The Balaban J connectivity index is 3.94. The van der Waals surface area contributed by atoms with E-state index in [1.165, 1.54) is 5.01 Å². The van der Waals surface area contributed by atoms with Crippen LogP contribution in [0.5, 0.6) is 0 Å². The second-order valence-corrected chi connectivity index (χ2v) is 2.81. The smallest absolute Gasteiger partial charge is 0.0978 e. The SMILES string of the molecule is CCC(=S)N(N)C(=S)CC. The van der Waals surface area contributed by atoms with Gasteiger partial charge in [-0.3, -0.25) is 5.01 Å². The lowest BCUT2D eigenvalue weighted by Gasteiger charge is -2.17. The van der Waals surface area contributed by atoms with Crippen LogP contribution >= 0.6 is 24.4 Å². The van der Waals surface area contributed by atoms with Crippen molar-refractivity contribution in [2.75, 3.05) is 0 Å². The molecule has 0 aliphatic heterocycles. The van der Waals surface area contributed by atoms with Gasteiger partial charge in [-0.1, -0.05) is 38.3 Å². The van der Waals surface area contributed by atoms with Gasteiger partial charge in [-0.2, -0.15) is 0 Å². The van der Waals surface area contributed by atoms with Crippen LogP contribution in [0.2, 0.25) is 0 Å². The lowest BCUT2D eigenvalue weighted by atomic mass is 10.4. The number of hydrogen-bond acceptors (Lipinski definition) is 3. The first-order valence-corrected chi connectivity index (χ1v) is 4.05. The zero-order chi connectivity index (χ0) is 8.15. The summed E-state index contributed by atoms with van der Waals surface area (Å²) in [5.41, 5.74) is 0. The topological polar surface area (TPSA) is 29.3 Å². The van der Waals surface area contributed by atoms with Crippen LogP contribution in [-0.2, 0) is 0 Å².